The largest absolute Gasteiger partial charge is 0.508 e. The maximum Gasteiger partial charge on any atom is 0.115 e. The number of nitrogens with zero attached hydrogens (tertiary/aromatic N) is 1. The number of rotatable bonds is 4. The number of pyridine rings is 1. The Morgan fingerprint density at radius 2 is 0.958 bits per heavy atom. The standard InChI is InChI=1S/C21H17NO2/c23-20-12-6-16(7-13-20)4-10-18-2-1-3-19(22-18)11-5-17-8-14-21(24)15-9-17/h1-15,23-24H/b10-4+,11-5+. The Bertz CT molecular complexity index is 792. The first-order valence-corrected chi connectivity index (χ1v) is 7.60. The van der Waals surface area contributed by atoms with Gasteiger partial charge < -0.3 is 10.2 Å². The zero-order valence-electron chi connectivity index (χ0n) is 13.0. The molecule has 0 fully saturated rings. The van der Waals surface area contributed by atoms with Gasteiger partial charge in [0.1, 0.15) is 11.5 Å². The molecule has 3 heteroatoms. The minimum absolute atomic E-state index is 0.256. The van der Waals surface area contributed by atoms with Crippen LogP contribution in [0.15, 0.2) is 66.7 Å². The highest BCUT2D eigenvalue weighted by atomic mass is 16.3. The van der Waals surface area contributed by atoms with E-state index < -0.39 is 0 Å². The van der Waals surface area contributed by atoms with E-state index in [1.165, 1.54) is 0 Å². The van der Waals surface area contributed by atoms with Gasteiger partial charge in [0, 0.05) is 0 Å². The minimum Gasteiger partial charge on any atom is -0.508 e. The summed E-state index contributed by atoms with van der Waals surface area (Å²) in [7, 11) is 0. The molecule has 118 valence electrons. The van der Waals surface area contributed by atoms with Gasteiger partial charge in [0.2, 0.25) is 0 Å². The summed E-state index contributed by atoms with van der Waals surface area (Å²) >= 11 is 0. The first-order chi connectivity index (χ1) is 11.7. The highest BCUT2D eigenvalue weighted by Gasteiger charge is 1.94. The van der Waals surface area contributed by atoms with Crippen LogP contribution in [0.2, 0.25) is 0 Å². The maximum absolute atomic E-state index is 9.29. The lowest BCUT2D eigenvalue weighted by atomic mass is 10.1. The Hall–Kier alpha value is -3.33. The molecule has 0 atom stereocenters. The molecule has 0 saturated heterocycles. The van der Waals surface area contributed by atoms with Gasteiger partial charge in [-0.15, -0.1) is 0 Å². The van der Waals surface area contributed by atoms with E-state index in [4.69, 9.17) is 0 Å². The van der Waals surface area contributed by atoms with Gasteiger partial charge in [-0.05, 0) is 59.7 Å². The fourth-order valence-electron chi connectivity index (χ4n) is 2.19. The van der Waals surface area contributed by atoms with E-state index in [9.17, 15) is 10.2 Å². The Balaban J connectivity index is 1.74. The molecule has 2 aromatic carbocycles. The van der Waals surface area contributed by atoms with Gasteiger partial charge in [0.15, 0.2) is 0 Å². The summed E-state index contributed by atoms with van der Waals surface area (Å²) in [5.74, 6) is 0.512. The van der Waals surface area contributed by atoms with Gasteiger partial charge in [-0.3, -0.25) is 0 Å². The molecule has 1 aromatic heterocycles. The summed E-state index contributed by atoms with van der Waals surface area (Å²) in [5, 5.41) is 18.6. The average Bonchev–Trinajstić information content (AvgIpc) is 2.61. The summed E-state index contributed by atoms with van der Waals surface area (Å²) in [6.45, 7) is 0. The molecule has 0 aliphatic carbocycles. The number of phenolic OH excluding ortho intramolecular Hbond substituents is 2. The van der Waals surface area contributed by atoms with Crippen molar-refractivity contribution < 1.29 is 10.2 Å². The van der Waals surface area contributed by atoms with Crippen LogP contribution in [-0.4, -0.2) is 15.2 Å². The number of benzene rings is 2. The Morgan fingerprint density at radius 3 is 1.38 bits per heavy atom. The lowest BCUT2D eigenvalue weighted by Gasteiger charge is -1.98. The van der Waals surface area contributed by atoms with Crippen molar-refractivity contribution in [3.05, 3.63) is 89.2 Å². The monoisotopic (exact) mass is 315 g/mol. The molecule has 0 radical (unpaired) electrons. The van der Waals surface area contributed by atoms with E-state index in [0.29, 0.717) is 0 Å². The van der Waals surface area contributed by atoms with E-state index in [1.54, 1.807) is 24.3 Å². The van der Waals surface area contributed by atoms with Crippen LogP contribution in [0.4, 0.5) is 0 Å². The van der Waals surface area contributed by atoms with Crippen molar-refractivity contribution >= 4 is 24.3 Å². The van der Waals surface area contributed by atoms with Crippen LogP contribution in [0.25, 0.3) is 24.3 Å². The third-order valence-corrected chi connectivity index (χ3v) is 3.47. The van der Waals surface area contributed by atoms with E-state index in [1.807, 2.05) is 66.8 Å². The molecule has 24 heavy (non-hydrogen) atoms. The summed E-state index contributed by atoms with van der Waals surface area (Å²) in [6.07, 6.45) is 7.78. The molecule has 0 bridgehead atoms. The lowest BCUT2D eigenvalue weighted by Crippen LogP contribution is -1.84. The second-order valence-electron chi connectivity index (χ2n) is 5.34. The first kappa shape index (κ1) is 15.6. The normalized spacial score (nSPS) is 11.3. The second-order valence-corrected chi connectivity index (χ2v) is 5.34. The van der Waals surface area contributed by atoms with Crippen molar-refractivity contribution in [2.75, 3.05) is 0 Å². The Labute approximate surface area is 140 Å². The van der Waals surface area contributed by atoms with Crippen LogP contribution in [0.5, 0.6) is 11.5 Å². The fraction of sp³-hybridized carbons (Fsp3) is 0. The maximum atomic E-state index is 9.29. The molecular formula is C21H17NO2. The quantitative estimate of drug-likeness (QED) is 0.725. The fourth-order valence-corrected chi connectivity index (χ4v) is 2.19. The summed E-state index contributed by atoms with van der Waals surface area (Å²) in [4.78, 5) is 4.57. The molecule has 0 aliphatic heterocycles. The molecule has 0 unspecified atom stereocenters. The van der Waals surface area contributed by atoms with Crippen LogP contribution in [0.3, 0.4) is 0 Å². The van der Waals surface area contributed by atoms with Crippen molar-refractivity contribution in [2.24, 2.45) is 0 Å². The van der Waals surface area contributed by atoms with Crippen LogP contribution < -0.4 is 0 Å². The van der Waals surface area contributed by atoms with Crippen LogP contribution >= 0.6 is 0 Å². The zero-order chi connectivity index (χ0) is 16.8. The molecule has 1 heterocycles. The SMILES string of the molecule is Oc1ccc(/C=C/c2cccc(/C=C/c3ccc(O)cc3)n2)cc1. The number of aromatic nitrogens is 1. The molecule has 2 N–H and O–H groups in total. The summed E-state index contributed by atoms with van der Waals surface area (Å²) < 4.78 is 0. The molecule has 3 nitrogen and oxygen atoms in total. The molecular weight excluding hydrogens is 298 g/mol. The van der Waals surface area contributed by atoms with Gasteiger partial charge in [0.05, 0.1) is 11.4 Å². The molecule has 3 rings (SSSR count). The van der Waals surface area contributed by atoms with Gasteiger partial charge in [0.25, 0.3) is 0 Å². The number of hydrogen-bond acceptors (Lipinski definition) is 3. The van der Waals surface area contributed by atoms with Crippen molar-refractivity contribution in [3.8, 4) is 11.5 Å². The third-order valence-electron chi connectivity index (χ3n) is 3.47. The number of hydrogen-bond donors (Lipinski definition) is 2. The predicted octanol–water partition coefficient (Wildman–Crippen LogP) is 4.83. The Kier molecular flexibility index (Phi) is 4.73. The van der Waals surface area contributed by atoms with Gasteiger partial charge in [-0.25, -0.2) is 4.98 Å². The summed E-state index contributed by atoms with van der Waals surface area (Å²) in [6, 6.07) is 19.9. The second kappa shape index (κ2) is 7.29. The molecule has 0 saturated carbocycles. The van der Waals surface area contributed by atoms with E-state index in [-0.39, 0.29) is 11.5 Å². The van der Waals surface area contributed by atoms with Gasteiger partial charge in [-0.1, -0.05) is 42.5 Å². The van der Waals surface area contributed by atoms with Crippen LogP contribution in [0.1, 0.15) is 22.5 Å². The highest BCUT2D eigenvalue weighted by molar-refractivity contribution is 5.71. The van der Waals surface area contributed by atoms with Crippen molar-refractivity contribution in [1.29, 1.82) is 0 Å². The highest BCUT2D eigenvalue weighted by Crippen LogP contribution is 2.14. The Morgan fingerprint density at radius 1 is 0.542 bits per heavy atom. The minimum atomic E-state index is 0.256. The van der Waals surface area contributed by atoms with Crippen molar-refractivity contribution in [2.45, 2.75) is 0 Å². The van der Waals surface area contributed by atoms with Crippen molar-refractivity contribution in [1.82, 2.24) is 4.98 Å². The molecule has 3 aromatic rings. The molecule has 0 spiro atoms. The van der Waals surface area contributed by atoms with E-state index in [0.717, 1.165) is 22.5 Å². The number of aromatic hydroxyl groups is 2. The molecule has 0 aliphatic rings. The predicted molar refractivity (Wildman–Crippen MR) is 98.3 cm³/mol. The molecule has 0 amide bonds. The topological polar surface area (TPSA) is 53.4 Å². The van der Waals surface area contributed by atoms with Gasteiger partial charge in [-0.2, -0.15) is 0 Å². The number of phenols is 2. The van der Waals surface area contributed by atoms with Crippen LogP contribution in [-0.2, 0) is 0 Å². The van der Waals surface area contributed by atoms with Crippen LogP contribution in [0, 0.1) is 0 Å². The first-order valence-electron chi connectivity index (χ1n) is 7.60. The summed E-state index contributed by atoms with van der Waals surface area (Å²) in [5.41, 5.74) is 3.71. The van der Waals surface area contributed by atoms with Gasteiger partial charge >= 0.3 is 0 Å². The lowest BCUT2D eigenvalue weighted by molar-refractivity contribution is 0.474. The van der Waals surface area contributed by atoms with E-state index in [2.05, 4.69) is 4.98 Å². The van der Waals surface area contributed by atoms with E-state index >= 15 is 0 Å². The zero-order valence-corrected chi connectivity index (χ0v) is 13.0. The van der Waals surface area contributed by atoms with Crippen molar-refractivity contribution in [3.63, 3.8) is 0 Å². The average molecular weight is 315 g/mol. The smallest absolute Gasteiger partial charge is 0.115 e. The third kappa shape index (κ3) is 4.34.